The van der Waals surface area contributed by atoms with Crippen LogP contribution in [0.3, 0.4) is 0 Å². The van der Waals surface area contributed by atoms with Gasteiger partial charge in [-0.05, 0) is 49.4 Å². The highest BCUT2D eigenvalue weighted by Crippen LogP contribution is 2.56. The summed E-state index contributed by atoms with van der Waals surface area (Å²) in [6.07, 6.45) is 3.93. The number of ether oxygens (including phenoxy) is 1. The average molecular weight is 280 g/mol. The molecular formula is C16H22ClNO. The third-order valence-electron chi connectivity index (χ3n) is 4.86. The van der Waals surface area contributed by atoms with Gasteiger partial charge in [0.05, 0.1) is 6.61 Å². The van der Waals surface area contributed by atoms with E-state index in [1.165, 1.54) is 24.8 Å². The van der Waals surface area contributed by atoms with Gasteiger partial charge in [-0.15, -0.1) is 0 Å². The van der Waals surface area contributed by atoms with E-state index in [9.17, 15) is 0 Å². The second-order valence-electron chi connectivity index (χ2n) is 6.00. The molecule has 2 unspecified atom stereocenters. The molecule has 1 N–H and O–H groups in total. The molecule has 3 rings (SSSR count). The highest BCUT2D eigenvalue weighted by atomic mass is 35.5. The molecule has 0 aromatic heterocycles. The third-order valence-corrected chi connectivity index (χ3v) is 5.10. The van der Waals surface area contributed by atoms with Crippen molar-refractivity contribution in [2.45, 2.75) is 25.2 Å². The SMILES string of the molecule is COCC1(C2CC2)CCNCC1c1cccc(Cl)c1. The number of hydrogen-bond donors (Lipinski definition) is 1. The lowest BCUT2D eigenvalue weighted by molar-refractivity contribution is 0.0184. The van der Waals surface area contributed by atoms with E-state index >= 15 is 0 Å². The molecule has 3 heteroatoms. The van der Waals surface area contributed by atoms with Gasteiger partial charge in [-0.2, -0.15) is 0 Å². The van der Waals surface area contributed by atoms with Gasteiger partial charge in [-0.1, -0.05) is 23.7 Å². The zero-order valence-corrected chi connectivity index (χ0v) is 12.2. The van der Waals surface area contributed by atoms with E-state index in [1.54, 1.807) is 0 Å². The van der Waals surface area contributed by atoms with E-state index < -0.39 is 0 Å². The van der Waals surface area contributed by atoms with Crippen molar-refractivity contribution in [2.75, 3.05) is 26.8 Å². The number of nitrogens with one attached hydrogen (secondary N) is 1. The molecule has 2 nitrogen and oxygen atoms in total. The molecule has 2 fully saturated rings. The fourth-order valence-electron chi connectivity index (χ4n) is 3.82. The van der Waals surface area contributed by atoms with E-state index in [4.69, 9.17) is 16.3 Å². The van der Waals surface area contributed by atoms with Crippen molar-refractivity contribution in [1.29, 1.82) is 0 Å². The maximum atomic E-state index is 6.18. The summed E-state index contributed by atoms with van der Waals surface area (Å²) in [6, 6.07) is 8.37. The Morgan fingerprint density at radius 3 is 2.95 bits per heavy atom. The summed E-state index contributed by atoms with van der Waals surface area (Å²) in [4.78, 5) is 0. The fourth-order valence-corrected chi connectivity index (χ4v) is 4.02. The molecule has 1 aromatic rings. The van der Waals surface area contributed by atoms with Crippen molar-refractivity contribution in [3.63, 3.8) is 0 Å². The molecule has 2 atom stereocenters. The quantitative estimate of drug-likeness (QED) is 0.911. The zero-order valence-electron chi connectivity index (χ0n) is 11.5. The number of halogens is 1. The summed E-state index contributed by atoms with van der Waals surface area (Å²) in [5.41, 5.74) is 1.67. The molecule has 1 saturated carbocycles. The van der Waals surface area contributed by atoms with E-state index in [-0.39, 0.29) is 0 Å². The van der Waals surface area contributed by atoms with E-state index in [2.05, 4.69) is 23.5 Å². The van der Waals surface area contributed by atoms with Gasteiger partial charge in [0.15, 0.2) is 0 Å². The van der Waals surface area contributed by atoms with Crippen LogP contribution in [-0.2, 0) is 4.74 Å². The van der Waals surface area contributed by atoms with Crippen molar-refractivity contribution in [1.82, 2.24) is 5.32 Å². The largest absolute Gasteiger partial charge is 0.384 e. The minimum Gasteiger partial charge on any atom is -0.384 e. The molecule has 19 heavy (non-hydrogen) atoms. The van der Waals surface area contributed by atoms with Gasteiger partial charge in [-0.25, -0.2) is 0 Å². The maximum absolute atomic E-state index is 6.18. The minimum atomic E-state index is 0.310. The molecular weight excluding hydrogens is 258 g/mol. The lowest BCUT2D eigenvalue weighted by atomic mass is 9.65. The number of rotatable bonds is 4. The number of methoxy groups -OCH3 is 1. The summed E-state index contributed by atoms with van der Waals surface area (Å²) in [6.45, 7) is 3.02. The van der Waals surface area contributed by atoms with Crippen LogP contribution in [0.4, 0.5) is 0 Å². The molecule has 0 radical (unpaired) electrons. The zero-order chi connectivity index (χ0) is 13.3. The lowest BCUT2D eigenvalue weighted by Crippen LogP contribution is -2.47. The first kappa shape index (κ1) is 13.4. The van der Waals surface area contributed by atoms with Crippen molar-refractivity contribution < 1.29 is 4.74 Å². The standard InChI is InChI=1S/C16H22ClNO/c1-19-11-16(13-5-6-13)7-8-18-10-15(16)12-3-2-4-14(17)9-12/h2-4,9,13,15,18H,5-8,10-11H2,1H3. The average Bonchev–Trinajstić information content (AvgIpc) is 3.24. The van der Waals surface area contributed by atoms with Gasteiger partial charge in [0.2, 0.25) is 0 Å². The molecule has 104 valence electrons. The molecule has 1 saturated heterocycles. The van der Waals surface area contributed by atoms with Crippen LogP contribution in [0, 0.1) is 11.3 Å². The maximum Gasteiger partial charge on any atom is 0.0528 e. The number of benzene rings is 1. The summed E-state index contributed by atoms with van der Waals surface area (Å²) in [5.74, 6) is 1.35. The Morgan fingerprint density at radius 2 is 2.26 bits per heavy atom. The van der Waals surface area contributed by atoms with Crippen molar-refractivity contribution >= 4 is 11.6 Å². The van der Waals surface area contributed by atoms with E-state index in [0.29, 0.717) is 11.3 Å². The molecule has 0 spiro atoms. The van der Waals surface area contributed by atoms with Crippen LogP contribution in [0.25, 0.3) is 0 Å². The van der Waals surface area contributed by atoms with Gasteiger partial charge >= 0.3 is 0 Å². The molecule has 1 aromatic carbocycles. The number of piperidine rings is 1. The predicted molar refractivity (Wildman–Crippen MR) is 78.7 cm³/mol. The lowest BCUT2D eigenvalue weighted by Gasteiger charge is -2.45. The van der Waals surface area contributed by atoms with Gasteiger partial charge < -0.3 is 10.1 Å². The molecule has 0 amide bonds. The molecule has 0 bridgehead atoms. The topological polar surface area (TPSA) is 21.3 Å². The summed E-state index contributed by atoms with van der Waals surface area (Å²) < 4.78 is 5.61. The van der Waals surface area contributed by atoms with Crippen molar-refractivity contribution in [2.24, 2.45) is 11.3 Å². The monoisotopic (exact) mass is 279 g/mol. The van der Waals surface area contributed by atoms with Gasteiger partial charge in [0, 0.05) is 30.0 Å². The van der Waals surface area contributed by atoms with Crippen LogP contribution in [0.2, 0.25) is 5.02 Å². The Bertz CT molecular complexity index is 442. The number of hydrogen-bond acceptors (Lipinski definition) is 2. The summed E-state index contributed by atoms with van der Waals surface area (Å²) >= 11 is 6.18. The first-order chi connectivity index (χ1) is 9.26. The van der Waals surface area contributed by atoms with Crippen molar-refractivity contribution in [3.05, 3.63) is 34.9 Å². The predicted octanol–water partition coefficient (Wildman–Crippen LogP) is 3.46. The second-order valence-corrected chi connectivity index (χ2v) is 6.44. The van der Waals surface area contributed by atoms with Crippen LogP contribution in [0.15, 0.2) is 24.3 Å². The highest BCUT2D eigenvalue weighted by molar-refractivity contribution is 6.30. The van der Waals surface area contributed by atoms with Crippen LogP contribution < -0.4 is 5.32 Å². The molecule has 2 aliphatic rings. The smallest absolute Gasteiger partial charge is 0.0528 e. The van der Waals surface area contributed by atoms with Gasteiger partial charge in [-0.3, -0.25) is 0 Å². The van der Waals surface area contributed by atoms with Gasteiger partial charge in [0.25, 0.3) is 0 Å². The van der Waals surface area contributed by atoms with Crippen LogP contribution in [0.1, 0.15) is 30.7 Å². The Kier molecular flexibility index (Phi) is 3.84. The van der Waals surface area contributed by atoms with Crippen LogP contribution in [-0.4, -0.2) is 26.8 Å². The first-order valence-corrected chi connectivity index (χ1v) is 7.59. The Morgan fingerprint density at radius 1 is 1.42 bits per heavy atom. The fraction of sp³-hybridized carbons (Fsp3) is 0.625. The highest BCUT2D eigenvalue weighted by Gasteiger charge is 2.51. The first-order valence-electron chi connectivity index (χ1n) is 7.21. The third kappa shape index (κ3) is 2.54. The van der Waals surface area contributed by atoms with E-state index in [0.717, 1.165) is 30.6 Å². The molecule has 1 aliphatic carbocycles. The van der Waals surface area contributed by atoms with Crippen LogP contribution in [0.5, 0.6) is 0 Å². The summed E-state index contributed by atoms with van der Waals surface area (Å²) in [5, 5.41) is 4.39. The Labute approximate surface area is 120 Å². The van der Waals surface area contributed by atoms with Crippen molar-refractivity contribution in [3.8, 4) is 0 Å². The molecule has 1 aliphatic heterocycles. The Hall–Kier alpha value is -0.570. The normalized spacial score (nSPS) is 31.4. The minimum absolute atomic E-state index is 0.310. The summed E-state index contributed by atoms with van der Waals surface area (Å²) in [7, 11) is 1.83. The van der Waals surface area contributed by atoms with Gasteiger partial charge in [0.1, 0.15) is 0 Å². The van der Waals surface area contributed by atoms with Crippen LogP contribution >= 0.6 is 11.6 Å². The Balaban J connectivity index is 1.95. The second kappa shape index (κ2) is 5.43. The molecule has 1 heterocycles. The van der Waals surface area contributed by atoms with E-state index in [1.807, 2.05) is 13.2 Å².